The summed E-state index contributed by atoms with van der Waals surface area (Å²) in [6.45, 7) is 8.16. The standard InChI is InChI=1S/C22H32N4O2S/c1-5-18(27)26-22(21(24)28,12-19-25-15(4)20(29-19)14(2)3)17(13-23)11-16-9-7-6-8-10-16/h6-10,14,17H,5,11-13,23H2,1-4H3,(H2,24,28)(H,26,27)/t17-,22?/m0/s1. The first-order chi connectivity index (χ1) is 13.7. The Bertz CT molecular complexity index is 835. The fraction of sp³-hybridized carbons (Fsp3) is 0.500. The highest BCUT2D eigenvalue weighted by atomic mass is 32.1. The Hall–Kier alpha value is -2.25. The number of hydrogen-bond acceptors (Lipinski definition) is 5. The van der Waals surface area contributed by atoms with E-state index in [2.05, 4.69) is 24.1 Å². The van der Waals surface area contributed by atoms with Crippen LogP contribution in [0.15, 0.2) is 30.3 Å². The van der Waals surface area contributed by atoms with Gasteiger partial charge in [0.1, 0.15) is 5.54 Å². The maximum atomic E-state index is 12.8. The second kappa shape index (κ2) is 9.98. The Morgan fingerprint density at radius 2 is 1.90 bits per heavy atom. The number of nitrogens with one attached hydrogen (secondary N) is 1. The molecule has 0 aliphatic heterocycles. The van der Waals surface area contributed by atoms with Crippen molar-refractivity contribution in [2.45, 2.75) is 58.4 Å². The molecule has 2 aromatic rings. The summed E-state index contributed by atoms with van der Waals surface area (Å²) in [4.78, 5) is 31.1. The number of primary amides is 1. The van der Waals surface area contributed by atoms with Crippen LogP contribution in [-0.4, -0.2) is 28.9 Å². The average molecular weight is 417 g/mol. The normalized spacial score (nSPS) is 14.4. The van der Waals surface area contributed by atoms with E-state index in [4.69, 9.17) is 11.5 Å². The summed E-state index contributed by atoms with van der Waals surface area (Å²) >= 11 is 1.57. The quantitative estimate of drug-likeness (QED) is 0.553. The van der Waals surface area contributed by atoms with Crippen molar-refractivity contribution >= 4 is 23.2 Å². The zero-order valence-electron chi connectivity index (χ0n) is 17.7. The molecule has 2 atom stereocenters. The van der Waals surface area contributed by atoms with Gasteiger partial charge in [-0.25, -0.2) is 4.98 Å². The van der Waals surface area contributed by atoms with E-state index < -0.39 is 11.4 Å². The lowest BCUT2D eigenvalue weighted by atomic mass is 9.76. The molecular weight excluding hydrogens is 384 g/mol. The molecule has 0 radical (unpaired) electrons. The summed E-state index contributed by atoms with van der Waals surface area (Å²) in [7, 11) is 0. The van der Waals surface area contributed by atoms with Crippen molar-refractivity contribution in [2.75, 3.05) is 6.54 Å². The number of carbonyl (C=O) groups is 2. The van der Waals surface area contributed by atoms with Crippen LogP contribution in [0.3, 0.4) is 0 Å². The number of aryl methyl sites for hydroxylation is 1. The van der Waals surface area contributed by atoms with Crippen molar-refractivity contribution < 1.29 is 9.59 Å². The van der Waals surface area contributed by atoms with E-state index in [1.54, 1.807) is 18.3 Å². The highest BCUT2D eigenvalue weighted by Gasteiger charge is 2.45. The van der Waals surface area contributed by atoms with Crippen LogP contribution in [0.2, 0.25) is 0 Å². The van der Waals surface area contributed by atoms with Gasteiger partial charge in [0.25, 0.3) is 0 Å². The first kappa shape index (κ1) is 23.0. The Labute approximate surface area is 177 Å². The minimum atomic E-state index is -1.30. The molecule has 0 spiro atoms. The van der Waals surface area contributed by atoms with E-state index in [9.17, 15) is 9.59 Å². The molecule has 0 saturated carbocycles. The molecule has 158 valence electrons. The molecule has 0 aliphatic carbocycles. The topological polar surface area (TPSA) is 111 Å². The molecule has 0 fully saturated rings. The van der Waals surface area contributed by atoms with E-state index in [1.807, 2.05) is 37.3 Å². The van der Waals surface area contributed by atoms with E-state index in [0.29, 0.717) is 12.3 Å². The van der Waals surface area contributed by atoms with Crippen molar-refractivity contribution in [3.05, 3.63) is 51.5 Å². The van der Waals surface area contributed by atoms with E-state index in [0.717, 1.165) is 16.3 Å². The molecule has 29 heavy (non-hydrogen) atoms. The van der Waals surface area contributed by atoms with Gasteiger partial charge in [0.05, 0.1) is 10.7 Å². The lowest BCUT2D eigenvalue weighted by Crippen LogP contribution is -2.65. The predicted molar refractivity (Wildman–Crippen MR) is 118 cm³/mol. The van der Waals surface area contributed by atoms with Crippen LogP contribution in [0.5, 0.6) is 0 Å². The summed E-state index contributed by atoms with van der Waals surface area (Å²) in [5, 5.41) is 3.72. The summed E-state index contributed by atoms with van der Waals surface area (Å²) < 4.78 is 0. The van der Waals surface area contributed by atoms with Gasteiger partial charge in [-0.15, -0.1) is 11.3 Å². The lowest BCUT2D eigenvalue weighted by Gasteiger charge is -2.38. The number of hydrogen-bond donors (Lipinski definition) is 3. The Morgan fingerprint density at radius 1 is 1.24 bits per heavy atom. The maximum absolute atomic E-state index is 12.8. The van der Waals surface area contributed by atoms with Gasteiger partial charge in [-0.3, -0.25) is 9.59 Å². The zero-order valence-corrected chi connectivity index (χ0v) is 18.5. The highest BCUT2D eigenvalue weighted by Crippen LogP contribution is 2.32. The van der Waals surface area contributed by atoms with Crippen molar-refractivity contribution in [2.24, 2.45) is 17.4 Å². The summed E-state index contributed by atoms with van der Waals surface area (Å²) in [5.41, 5.74) is 12.7. The maximum Gasteiger partial charge on any atom is 0.243 e. The fourth-order valence-electron chi connectivity index (χ4n) is 3.65. The second-order valence-corrected chi connectivity index (χ2v) is 8.86. The van der Waals surface area contributed by atoms with Gasteiger partial charge in [0, 0.05) is 23.6 Å². The third kappa shape index (κ3) is 5.42. The molecule has 1 aromatic heterocycles. The molecule has 0 saturated heterocycles. The molecule has 2 amide bonds. The van der Waals surface area contributed by atoms with Crippen LogP contribution in [0, 0.1) is 12.8 Å². The Morgan fingerprint density at radius 3 is 2.38 bits per heavy atom. The highest BCUT2D eigenvalue weighted by molar-refractivity contribution is 7.11. The first-order valence-corrected chi connectivity index (χ1v) is 10.9. The first-order valence-electron chi connectivity index (χ1n) is 10.0. The van der Waals surface area contributed by atoms with Gasteiger partial charge in [0.15, 0.2) is 0 Å². The molecular formula is C22H32N4O2S. The summed E-state index contributed by atoms with van der Waals surface area (Å²) in [6, 6.07) is 9.80. The number of nitrogens with zero attached hydrogens (tertiary/aromatic N) is 1. The van der Waals surface area contributed by atoms with Crippen molar-refractivity contribution in [1.82, 2.24) is 10.3 Å². The molecule has 1 unspecified atom stereocenters. The number of amides is 2. The van der Waals surface area contributed by atoms with E-state index >= 15 is 0 Å². The van der Waals surface area contributed by atoms with Crippen LogP contribution in [-0.2, 0) is 22.4 Å². The average Bonchev–Trinajstić information content (AvgIpc) is 3.06. The molecule has 0 aliphatic rings. The van der Waals surface area contributed by atoms with Crippen LogP contribution >= 0.6 is 11.3 Å². The molecule has 1 aromatic carbocycles. The van der Waals surface area contributed by atoms with Gasteiger partial charge in [-0.1, -0.05) is 51.1 Å². The Kier molecular flexibility index (Phi) is 7.93. The van der Waals surface area contributed by atoms with Crippen LogP contribution in [0.4, 0.5) is 0 Å². The SMILES string of the molecule is CCC(=O)NC(Cc1nc(C)c(C(C)C)s1)(C(N)=O)[C@H](CN)Cc1ccccc1. The molecule has 0 bridgehead atoms. The molecule has 2 rings (SSSR count). The van der Waals surface area contributed by atoms with Crippen molar-refractivity contribution in [1.29, 1.82) is 0 Å². The number of nitrogens with two attached hydrogens (primary N) is 2. The van der Waals surface area contributed by atoms with Gasteiger partial charge in [-0.05, 0) is 31.4 Å². The van der Waals surface area contributed by atoms with Crippen molar-refractivity contribution in [3.63, 3.8) is 0 Å². The number of aromatic nitrogens is 1. The second-order valence-electron chi connectivity index (χ2n) is 7.75. The Balaban J connectivity index is 2.49. The van der Waals surface area contributed by atoms with Gasteiger partial charge >= 0.3 is 0 Å². The molecule has 7 heteroatoms. The molecule has 1 heterocycles. The fourth-order valence-corrected chi connectivity index (χ4v) is 4.82. The predicted octanol–water partition coefficient (Wildman–Crippen LogP) is 2.69. The molecule has 5 N–H and O–H groups in total. The number of thiazole rings is 1. The van der Waals surface area contributed by atoms with Gasteiger partial charge < -0.3 is 16.8 Å². The summed E-state index contributed by atoms with van der Waals surface area (Å²) in [5.74, 6) is -0.828. The summed E-state index contributed by atoms with van der Waals surface area (Å²) in [6.07, 6.45) is 1.03. The zero-order chi connectivity index (χ0) is 21.6. The van der Waals surface area contributed by atoms with Crippen LogP contribution in [0.25, 0.3) is 0 Å². The molecule has 6 nitrogen and oxygen atoms in total. The third-order valence-electron chi connectivity index (χ3n) is 5.26. The minimum absolute atomic E-state index is 0.212. The minimum Gasteiger partial charge on any atom is -0.368 e. The monoisotopic (exact) mass is 416 g/mol. The number of rotatable bonds is 10. The third-order valence-corrected chi connectivity index (χ3v) is 6.72. The van der Waals surface area contributed by atoms with Crippen LogP contribution in [0.1, 0.15) is 54.3 Å². The number of carbonyl (C=O) groups excluding carboxylic acids is 2. The van der Waals surface area contributed by atoms with Gasteiger partial charge in [-0.2, -0.15) is 0 Å². The lowest BCUT2D eigenvalue weighted by molar-refractivity contribution is -0.133. The smallest absolute Gasteiger partial charge is 0.243 e. The van der Waals surface area contributed by atoms with E-state index in [1.165, 1.54) is 4.88 Å². The van der Waals surface area contributed by atoms with Crippen molar-refractivity contribution in [3.8, 4) is 0 Å². The van der Waals surface area contributed by atoms with Crippen LogP contribution < -0.4 is 16.8 Å². The largest absolute Gasteiger partial charge is 0.368 e. The number of benzene rings is 1. The van der Waals surface area contributed by atoms with E-state index in [-0.39, 0.29) is 31.2 Å². The van der Waals surface area contributed by atoms with Gasteiger partial charge in [0.2, 0.25) is 11.8 Å².